The van der Waals surface area contributed by atoms with Crippen molar-refractivity contribution in [1.29, 1.82) is 0 Å². The summed E-state index contributed by atoms with van der Waals surface area (Å²) in [5.74, 6) is 0.646. The van der Waals surface area contributed by atoms with E-state index in [2.05, 4.69) is 15.3 Å². The molecule has 1 rings (SSSR count). The van der Waals surface area contributed by atoms with Crippen LogP contribution in [0.2, 0.25) is 0 Å². The van der Waals surface area contributed by atoms with Crippen molar-refractivity contribution < 1.29 is 0 Å². The van der Waals surface area contributed by atoms with Gasteiger partial charge in [-0.15, -0.1) is 0 Å². The first-order valence-electron chi connectivity index (χ1n) is 4.20. The van der Waals surface area contributed by atoms with Gasteiger partial charge in [-0.05, 0) is 12.5 Å². The lowest BCUT2D eigenvalue weighted by Crippen LogP contribution is -2.03. The Kier molecular flexibility index (Phi) is 3.92. The van der Waals surface area contributed by atoms with E-state index in [9.17, 15) is 0 Å². The third-order valence-electron chi connectivity index (χ3n) is 1.46. The van der Waals surface area contributed by atoms with E-state index in [4.69, 9.17) is 5.73 Å². The van der Waals surface area contributed by atoms with Crippen LogP contribution in [0, 0.1) is 6.92 Å². The van der Waals surface area contributed by atoms with E-state index in [1.165, 1.54) is 0 Å². The van der Waals surface area contributed by atoms with Crippen LogP contribution in [0.1, 0.15) is 5.56 Å². The molecule has 0 saturated heterocycles. The molecule has 0 unspecified atom stereocenters. The van der Waals surface area contributed by atoms with Crippen LogP contribution in [0.4, 0.5) is 5.95 Å². The molecule has 1 heterocycles. The maximum Gasteiger partial charge on any atom is 0.222 e. The first-order chi connectivity index (χ1) is 6.33. The smallest absolute Gasteiger partial charge is 0.222 e. The highest BCUT2D eigenvalue weighted by Crippen LogP contribution is 1.97. The molecule has 1 aromatic rings. The van der Waals surface area contributed by atoms with Crippen LogP contribution >= 0.6 is 0 Å². The molecule has 0 bridgehead atoms. The Labute approximate surface area is 77.9 Å². The number of aryl methyl sites for hydroxylation is 1. The van der Waals surface area contributed by atoms with Gasteiger partial charge in [0.25, 0.3) is 0 Å². The fourth-order valence-electron chi connectivity index (χ4n) is 0.814. The monoisotopic (exact) mass is 178 g/mol. The first-order valence-corrected chi connectivity index (χ1v) is 4.20. The van der Waals surface area contributed by atoms with Gasteiger partial charge in [0.2, 0.25) is 5.95 Å². The summed E-state index contributed by atoms with van der Waals surface area (Å²) in [6.45, 7) is 3.23. The average molecular weight is 178 g/mol. The van der Waals surface area contributed by atoms with E-state index in [0.717, 1.165) is 5.56 Å². The third kappa shape index (κ3) is 3.66. The van der Waals surface area contributed by atoms with Crippen molar-refractivity contribution in [3.63, 3.8) is 0 Å². The summed E-state index contributed by atoms with van der Waals surface area (Å²) in [7, 11) is 0. The van der Waals surface area contributed by atoms with Gasteiger partial charge in [0.15, 0.2) is 0 Å². The Bertz CT molecular complexity index is 265. The van der Waals surface area contributed by atoms with Gasteiger partial charge < -0.3 is 11.1 Å². The fourth-order valence-corrected chi connectivity index (χ4v) is 0.814. The summed E-state index contributed by atoms with van der Waals surface area (Å²) in [6, 6.07) is 0. The van der Waals surface area contributed by atoms with Gasteiger partial charge >= 0.3 is 0 Å². The van der Waals surface area contributed by atoms with Crippen LogP contribution in [-0.4, -0.2) is 23.1 Å². The summed E-state index contributed by atoms with van der Waals surface area (Å²) in [6.07, 6.45) is 7.40. The summed E-state index contributed by atoms with van der Waals surface area (Å²) >= 11 is 0. The second-order valence-corrected chi connectivity index (χ2v) is 2.67. The second kappa shape index (κ2) is 5.27. The Morgan fingerprint density at radius 2 is 2.08 bits per heavy atom. The van der Waals surface area contributed by atoms with Crippen LogP contribution in [0.3, 0.4) is 0 Å². The molecule has 0 spiro atoms. The van der Waals surface area contributed by atoms with E-state index in [1.807, 2.05) is 19.1 Å². The number of nitrogens with one attached hydrogen (secondary N) is 1. The molecular formula is C9H14N4. The lowest BCUT2D eigenvalue weighted by Gasteiger charge is -2.00. The molecule has 3 N–H and O–H groups in total. The lowest BCUT2D eigenvalue weighted by molar-refractivity contribution is 1.09. The van der Waals surface area contributed by atoms with Gasteiger partial charge in [-0.3, -0.25) is 0 Å². The molecule has 0 atom stereocenters. The van der Waals surface area contributed by atoms with E-state index in [1.54, 1.807) is 12.4 Å². The van der Waals surface area contributed by atoms with Gasteiger partial charge in [-0.25, -0.2) is 9.97 Å². The molecule has 0 aliphatic heterocycles. The summed E-state index contributed by atoms with van der Waals surface area (Å²) in [4.78, 5) is 8.18. The summed E-state index contributed by atoms with van der Waals surface area (Å²) in [5.41, 5.74) is 6.34. The fraction of sp³-hybridized carbons (Fsp3) is 0.333. The zero-order valence-corrected chi connectivity index (χ0v) is 7.70. The SMILES string of the molecule is Cc1cnc(NC/C=C/CN)nc1. The molecule has 0 aromatic carbocycles. The normalized spacial score (nSPS) is 10.6. The predicted molar refractivity (Wildman–Crippen MR) is 53.5 cm³/mol. The molecule has 4 heteroatoms. The summed E-state index contributed by atoms with van der Waals surface area (Å²) in [5, 5.41) is 3.04. The average Bonchev–Trinajstić information content (AvgIpc) is 2.15. The van der Waals surface area contributed by atoms with Crippen molar-refractivity contribution >= 4 is 5.95 Å². The topological polar surface area (TPSA) is 63.8 Å². The molecule has 0 amide bonds. The highest BCUT2D eigenvalue weighted by molar-refractivity contribution is 5.25. The molecule has 70 valence electrons. The number of rotatable bonds is 4. The highest BCUT2D eigenvalue weighted by atomic mass is 15.1. The van der Waals surface area contributed by atoms with Crippen LogP contribution in [0.15, 0.2) is 24.5 Å². The Hall–Kier alpha value is -1.42. The number of hydrogen-bond donors (Lipinski definition) is 2. The van der Waals surface area contributed by atoms with Crippen LogP contribution in [-0.2, 0) is 0 Å². The van der Waals surface area contributed by atoms with Gasteiger partial charge in [-0.2, -0.15) is 0 Å². The van der Waals surface area contributed by atoms with E-state index >= 15 is 0 Å². The number of nitrogens with two attached hydrogens (primary N) is 1. The molecule has 0 saturated carbocycles. The number of hydrogen-bond acceptors (Lipinski definition) is 4. The van der Waals surface area contributed by atoms with Crippen molar-refractivity contribution in [3.05, 3.63) is 30.1 Å². The van der Waals surface area contributed by atoms with E-state index in [0.29, 0.717) is 19.0 Å². The summed E-state index contributed by atoms with van der Waals surface area (Å²) < 4.78 is 0. The van der Waals surface area contributed by atoms with E-state index in [-0.39, 0.29) is 0 Å². The lowest BCUT2D eigenvalue weighted by atomic mass is 10.4. The van der Waals surface area contributed by atoms with Gasteiger partial charge in [0.1, 0.15) is 0 Å². The minimum Gasteiger partial charge on any atom is -0.351 e. The Morgan fingerprint density at radius 1 is 1.38 bits per heavy atom. The van der Waals surface area contributed by atoms with Gasteiger partial charge in [-0.1, -0.05) is 12.2 Å². The maximum atomic E-state index is 5.28. The first kappa shape index (κ1) is 9.67. The molecule has 13 heavy (non-hydrogen) atoms. The Balaban J connectivity index is 2.37. The van der Waals surface area contributed by atoms with Crippen LogP contribution in [0.25, 0.3) is 0 Å². The highest BCUT2D eigenvalue weighted by Gasteiger charge is 1.90. The molecule has 0 aliphatic rings. The molecule has 0 fully saturated rings. The minimum atomic E-state index is 0.566. The molecule has 4 nitrogen and oxygen atoms in total. The molecule has 1 aromatic heterocycles. The van der Waals surface area contributed by atoms with Crippen LogP contribution < -0.4 is 11.1 Å². The molecule has 0 aliphatic carbocycles. The number of nitrogens with zero attached hydrogens (tertiary/aromatic N) is 2. The minimum absolute atomic E-state index is 0.566. The maximum absolute atomic E-state index is 5.28. The van der Waals surface area contributed by atoms with Crippen molar-refractivity contribution in [1.82, 2.24) is 9.97 Å². The predicted octanol–water partition coefficient (Wildman–Crippen LogP) is 0.712. The van der Waals surface area contributed by atoms with Crippen molar-refractivity contribution in [2.45, 2.75) is 6.92 Å². The molecule has 0 radical (unpaired) electrons. The second-order valence-electron chi connectivity index (χ2n) is 2.67. The van der Waals surface area contributed by atoms with Gasteiger partial charge in [0.05, 0.1) is 0 Å². The van der Waals surface area contributed by atoms with Crippen LogP contribution in [0.5, 0.6) is 0 Å². The van der Waals surface area contributed by atoms with Crippen molar-refractivity contribution in [2.24, 2.45) is 5.73 Å². The number of aromatic nitrogens is 2. The molecular weight excluding hydrogens is 164 g/mol. The third-order valence-corrected chi connectivity index (χ3v) is 1.46. The zero-order valence-electron chi connectivity index (χ0n) is 7.70. The Morgan fingerprint density at radius 3 is 2.69 bits per heavy atom. The zero-order chi connectivity index (χ0) is 9.52. The quantitative estimate of drug-likeness (QED) is 0.666. The van der Waals surface area contributed by atoms with Crippen molar-refractivity contribution in [2.75, 3.05) is 18.4 Å². The van der Waals surface area contributed by atoms with Crippen molar-refractivity contribution in [3.8, 4) is 0 Å². The number of anilines is 1. The van der Waals surface area contributed by atoms with Gasteiger partial charge in [0, 0.05) is 25.5 Å². The standard InChI is InChI=1S/C9H14N4/c1-8-6-12-9(13-7-8)11-5-3-2-4-10/h2-3,6-7H,4-5,10H2,1H3,(H,11,12,13)/b3-2+. The van der Waals surface area contributed by atoms with E-state index < -0.39 is 0 Å². The largest absolute Gasteiger partial charge is 0.351 e.